The summed E-state index contributed by atoms with van der Waals surface area (Å²) in [4.78, 5) is 0. The minimum atomic E-state index is -0.736. The Balaban J connectivity index is 2.36. The molecule has 96 valence electrons. The Labute approximate surface area is 113 Å². The Hall–Kier alpha value is -1.07. The molecule has 2 rings (SSSR count). The van der Waals surface area contributed by atoms with Crippen molar-refractivity contribution in [2.45, 2.75) is 39.0 Å². The van der Waals surface area contributed by atoms with Gasteiger partial charge in [-0.3, -0.25) is 0 Å². The molecular weight excluding hydrogens is 249 g/mol. The van der Waals surface area contributed by atoms with Crippen LogP contribution in [0.25, 0.3) is 0 Å². The lowest BCUT2D eigenvalue weighted by Crippen LogP contribution is -2.46. The maximum atomic E-state index is 13.9. The first-order valence-corrected chi connectivity index (χ1v) is 6.54. The predicted molar refractivity (Wildman–Crippen MR) is 70.9 cm³/mol. The summed E-state index contributed by atoms with van der Waals surface area (Å²) in [7, 11) is 0. The van der Waals surface area contributed by atoms with E-state index < -0.39 is 5.41 Å². The smallest absolute Gasteiger partial charge is 0.129 e. The average molecular weight is 266 g/mol. The van der Waals surface area contributed by atoms with Crippen molar-refractivity contribution in [3.63, 3.8) is 0 Å². The SMILES string of the molecule is CC(C)(C)C1CC(C#N)(c2c(F)cccc2Cl)C1. The van der Waals surface area contributed by atoms with Gasteiger partial charge >= 0.3 is 0 Å². The second kappa shape index (κ2) is 4.24. The van der Waals surface area contributed by atoms with Gasteiger partial charge in [0.1, 0.15) is 5.82 Å². The molecule has 0 unspecified atom stereocenters. The zero-order valence-electron chi connectivity index (χ0n) is 10.9. The van der Waals surface area contributed by atoms with E-state index in [0.717, 1.165) is 0 Å². The van der Waals surface area contributed by atoms with Crippen LogP contribution in [0.3, 0.4) is 0 Å². The van der Waals surface area contributed by atoms with Gasteiger partial charge in [0.15, 0.2) is 0 Å². The molecule has 0 heterocycles. The third kappa shape index (κ3) is 2.01. The van der Waals surface area contributed by atoms with Crippen LogP contribution >= 0.6 is 11.6 Å². The Morgan fingerprint density at radius 2 is 2.00 bits per heavy atom. The second-order valence-electron chi connectivity index (χ2n) is 6.26. The van der Waals surface area contributed by atoms with Gasteiger partial charge in [-0.2, -0.15) is 5.26 Å². The number of hydrogen-bond acceptors (Lipinski definition) is 1. The first-order valence-electron chi connectivity index (χ1n) is 6.16. The van der Waals surface area contributed by atoms with Crippen LogP contribution in [0, 0.1) is 28.5 Å². The Morgan fingerprint density at radius 1 is 1.39 bits per heavy atom. The molecule has 1 aliphatic carbocycles. The van der Waals surface area contributed by atoms with Gasteiger partial charge < -0.3 is 0 Å². The van der Waals surface area contributed by atoms with Crippen LogP contribution in [0.2, 0.25) is 5.02 Å². The number of rotatable bonds is 1. The monoisotopic (exact) mass is 265 g/mol. The van der Waals surface area contributed by atoms with Crippen LogP contribution in [0.15, 0.2) is 18.2 Å². The van der Waals surface area contributed by atoms with Crippen molar-refractivity contribution in [1.29, 1.82) is 5.26 Å². The normalized spacial score (nSPS) is 27.4. The zero-order chi connectivity index (χ0) is 13.6. The fourth-order valence-electron chi connectivity index (χ4n) is 2.70. The fraction of sp³-hybridized carbons (Fsp3) is 0.533. The number of hydrogen-bond donors (Lipinski definition) is 0. The molecule has 0 atom stereocenters. The van der Waals surface area contributed by atoms with E-state index in [2.05, 4.69) is 26.8 Å². The number of nitrogens with zero attached hydrogens (tertiary/aromatic N) is 1. The molecule has 3 heteroatoms. The molecular formula is C15H17ClFN. The summed E-state index contributed by atoms with van der Waals surface area (Å²) in [5, 5.41) is 9.81. The standard InChI is InChI=1S/C15H17ClFN/c1-14(2,3)10-7-15(8-10,9-18)13-11(16)5-4-6-12(13)17/h4-6,10H,7-8H2,1-3H3. The lowest BCUT2D eigenvalue weighted by molar-refractivity contribution is 0.0762. The summed E-state index contributed by atoms with van der Waals surface area (Å²) in [6, 6.07) is 6.90. The van der Waals surface area contributed by atoms with Gasteiger partial charge in [-0.15, -0.1) is 0 Å². The fourth-order valence-corrected chi connectivity index (χ4v) is 3.04. The second-order valence-corrected chi connectivity index (χ2v) is 6.67. The summed E-state index contributed by atoms with van der Waals surface area (Å²) in [6.45, 7) is 6.46. The largest absolute Gasteiger partial charge is 0.207 e. The molecule has 0 spiro atoms. The van der Waals surface area contributed by atoms with Gasteiger partial charge in [0.25, 0.3) is 0 Å². The molecule has 0 N–H and O–H groups in total. The lowest BCUT2D eigenvalue weighted by Gasteiger charge is -2.49. The molecule has 1 aromatic rings. The molecule has 0 bridgehead atoms. The highest BCUT2D eigenvalue weighted by molar-refractivity contribution is 6.31. The van der Waals surface area contributed by atoms with Gasteiger partial charge in [0.2, 0.25) is 0 Å². The van der Waals surface area contributed by atoms with Crippen molar-refractivity contribution < 1.29 is 4.39 Å². The van der Waals surface area contributed by atoms with Gasteiger partial charge in [0, 0.05) is 10.6 Å². The van der Waals surface area contributed by atoms with E-state index in [0.29, 0.717) is 29.3 Å². The minimum Gasteiger partial charge on any atom is -0.207 e. The van der Waals surface area contributed by atoms with E-state index in [9.17, 15) is 9.65 Å². The number of benzene rings is 1. The molecule has 0 aliphatic heterocycles. The molecule has 0 radical (unpaired) electrons. The molecule has 1 fully saturated rings. The Morgan fingerprint density at radius 3 is 2.44 bits per heavy atom. The summed E-state index contributed by atoms with van der Waals surface area (Å²) >= 11 is 6.08. The lowest BCUT2D eigenvalue weighted by atomic mass is 9.53. The maximum Gasteiger partial charge on any atom is 0.129 e. The maximum absolute atomic E-state index is 13.9. The van der Waals surface area contributed by atoms with E-state index in [4.69, 9.17) is 11.6 Å². The molecule has 0 aromatic heterocycles. The zero-order valence-corrected chi connectivity index (χ0v) is 11.7. The van der Waals surface area contributed by atoms with Crippen molar-refractivity contribution in [3.05, 3.63) is 34.6 Å². The average Bonchev–Trinajstić information content (AvgIpc) is 2.19. The minimum absolute atomic E-state index is 0.151. The van der Waals surface area contributed by atoms with Gasteiger partial charge in [-0.1, -0.05) is 38.4 Å². The highest BCUT2D eigenvalue weighted by Crippen LogP contribution is 2.55. The number of halogens is 2. The summed E-state index contributed by atoms with van der Waals surface area (Å²) < 4.78 is 13.9. The highest BCUT2D eigenvalue weighted by atomic mass is 35.5. The van der Waals surface area contributed by atoms with E-state index in [1.54, 1.807) is 12.1 Å². The molecule has 1 nitrogen and oxygen atoms in total. The molecule has 0 amide bonds. The van der Waals surface area contributed by atoms with Crippen LogP contribution in [0.4, 0.5) is 4.39 Å². The van der Waals surface area contributed by atoms with Gasteiger partial charge in [-0.05, 0) is 36.3 Å². The molecule has 18 heavy (non-hydrogen) atoms. The summed E-state index contributed by atoms with van der Waals surface area (Å²) in [5.74, 6) is 0.0734. The first kappa shape index (κ1) is 13.4. The molecule has 1 saturated carbocycles. The topological polar surface area (TPSA) is 23.8 Å². The third-order valence-corrected chi connectivity index (χ3v) is 4.38. The van der Waals surface area contributed by atoms with E-state index >= 15 is 0 Å². The quantitative estimate of drug-likeness (QED) is 0.722. The van der Waals surface area contributed by atoms with Crippen LogP contribution in [-0.2, 0) is 5.41 Å². The van der Waals surface area contributed by atoms with Crippen molar-refractivity contribution in [2.24, 2.45) is 11.3 Å². The van der Waals surface area contributed by atoms with Gasteiger partial charge in [-0.25, -0.2) is 4.39 Å². The summed E-state index contributed by atoms with van der Waals surface area (Å²) in [6.07, 6.45) is 1.38. The third-order valence-electron chi connectivity index (χ3n) is 4.07. The van der Waals surface area contributed by atoms with Crippen LogP contribution < -0.4 is 0 Å². The van der Waals surface area contributed by atoms with Crippen molar-refractivity contribution in [1.82, 2.24) is 0 Å². The van der Waals surface area contributed by atoms with Gasteiger partial charge in [0.05, 0.1) is 11.5 Å². The molecule has 0 saturated heterocycles. The van der Waals surface area contributed by atoms with Crippen LogP contribution in [0.1, 0.15) is 39.2 Å². The van der Waals surface area contributed by atoms with Crippen molar-refractivity contribution >= 4 is 11.6 Å². The Bertz CT molecular complexity index is 484. The highest BCUT2D eigenvalue weighted by Gasteiger charge is 2.51. The van der Waals surface area contributed by atoms with Crippen LogP contribution in [0.5, 0.6) is 0 Å². The number of nitriles is 1. The Kier molecular flexibility index (Phi) is 3.15. The summed E-state index contributed by atoms with van der Waals surface area (Å²) in [5.41, 5.74) is -0.201. The molecule has 1 aliphatic rings. The molecule has 1 aromatic carbocycles. The van der Waals surface area contributed by atoms with E-state index in [1.165, 1.54) is 6.07 Å². The van der Waals surface area contributed by atoms with Crippen molar-refractivity contribution in [3.8, 4) is 6.07 Å². The predicted octanol–water partition coefficient (Wildman–Crippen LogP) is 4.70. The van der Waals surface area contributed by atoms with E-state index in [1.807, 2.05) is 0 Å². The first-order chi connectivity index (χ1) is 8.30. The van der Waals surface area contributed by atoms with E-state index in [-0.39, 0.29) is 11.2 Å². The van der Waals surface area contributed by atoms with Crippen molar-refractivity contribution in [2.75, 3.05) is 0 Å². The van der Waals surface area contributed by atoms with Crippen LogP contribution in [-0.4, -0.2) is 0 Å².